The van der Waals surface area contributed by atoms with E-state index in [-0.39, 0.29) is 12.0 Å². The van der Waals surface area contributed by atoms with Gasteiger partial charge in [-0.3, -0.25) is 15.2 Å². The number of thioether (sulfide) groups is 1. The molecule has 1 N–H and O–H groups in total. The molecule has 3 heterocycles. The Bertz CT molecular complexity index is 725. The second-order valence-electron chi connectivity index (χ2n) is 6.21. The molecule has 0 bridgehead atoms. The highest BCUT2D eigenvalue weighted by atomic mass is 32.2. The minimum atomic E-state index is 0.142. The number of amidine groups is 1. The molecule has 1 fully saturated rings. The van der Waals surface area contributed by atoms with Gasteiger partial charge in [-0.1, -0.05) is 17.8 Å². The molecule has 1 aromatic carbocycles. The molecule has 1 saturated heterocycles. The lowest BCUT2D eigenvalue weighted by Gasteiger charge is -2.16. The molecule has 1 atom stereocenters. The standard InChI is InChI=1S/C17H20N4O2S/c1-21-15-5-4-11(7-12(15)8-16(21)22)14-10-24-17(20-19-14)18-9-13-3-2-6-23-13/h4-5,7,13H,2-3,6,8-10H2,1H3,(H,18,20). The van der Waals surface area contributed by atoms with E-state index in [0.717, 1.165) is 52.9 Å². The minimum absolute atomic E-state index is 0.142. The van der Waals surface area contributed by atoms with Crippen molar-refractivity contribution in [2.24, 2.45) is 10.1 Å². The minimum Gasteiger partial charge on any atom is -0.376 e. The van der Waals surface area contributed by atoms with Crippen LogP contribution in [-0.2, 0) is 16.0 Å². The van der Waals surface area contributed by atoms with Crippen molar-refractivity contribution >= 4 is 34.2 Å². The summed E-state index contributed by atoms with van der Waals surface area (Å²) in [7, 11) is 1.82. The number of benzene rings is 1. The smallest absolute Gasteiger partial charge is 0.231 e. The van der Waals surface area contributed by atoms with Crippen LogP contribution in [0.15, 0.2) is 28.3 Å². The van der Waals surface area contributed by atoms with Gasteiger partial charge in [-0.15, -0.1) is 0 Å². The Morgan fingerprint density at radius 1 is 1.50 bits per heavy atom. The fourth-order valence-electron chi connectivity index (χ4n) is 3.17. The molecule has 0 aromatic heterocycles. The molecule has 6 nitrogen and oxygen atoms in total. The predicted octanol–water partition coefficient (Wildman–Crippen LogP) is 1.78. The summed E-state index contributed by atoms with van der Waals surface area (Å²) < 4.78 is 5.58. The van der Waals surface area contributed by atoms with Crippen LogP contribution in [0.3, 0.4) is 0 Å². The van der Waals surface area contributed by atoms with Gasteiger partial charge in [-0.05, 0) is 36.1 Å². The molecular weight excluding hydrogens is 324 g/mol. The second kappa shape index (κ2) is 6.57. The fraction of sp³-hybridized carbons (Fsp3) is 0.471. The number of hydrazone groups is 1. The summed E-state index contributed by atoms with van der Waals surface area (Å²) in [6, 6.07) is 6.11. The highest BCUT2D eigenvalue weighted by Gasteiger charge is 2.25. The van der Waals surface area contributed by atoms with E-state index in [2.05, 4.69) is 21.6 Å². The van der Waals surface area contributed by atoms with Crippen molar-refractivity contribution in [2.45, 2.75) is 25.4 Å². The Morgan fingerprint density at radius 2 is 2.42 bits per heavy atom. The molecule has 1 aromatic rings. The largest absolute Gasteiger partial charge is 0.376 e. The summed E-state index contributed by atoms with van der Waals surface area (Å²) in [5.41, 5.74) is 7.17. The molecule has 0 aliphatic carbocycles. The van der Waals surface area contributed by atoms with Gasteiger partial charge < -0.3 is 9.64 Å². The normalized spacial score (nSPS) is 25.0. The summed E-state index contributed by atoms with van der Waals surface area (Å²) in [4.78, 5) is 18.1. The Hall–Kier alpha value is -1.86. The Labute approximate surface area is 145 Å². The topological polar surface area (TPSA) is 66.3 Å². The van der Waals surface area contributed by atoms with Gasteiger partial charge in [-0.2, -0.15) is 5.10 Å². The maximum absolute atomic E-state index is 11.8. The second-order valence-corrected chi connectivity index (χ2v) is 7.18. The van der Waals surface area contributed by atoms with Crippen LogP contribution >= 0.6 is 11.8 Å². The van der Waals surface area contributed by atoms with Crippen molar-refractivity contribution in [3.05, 3.63) is 29.3 Å². The zero-order valence-electron chi connectivity index (χ0n) is 13.6. The van der Waals surface area contributed by atoms with Gasteiger partial charge >= 0.3 is 0 Å². The van der Waals surface area contributed by atoms with Crippen LogP contribution in [0, 0.1) is 0 Å². The maximum atomic E-state index is 11.8. The van der Waals surface area contributed by atoms with E-state index in [1.165, 1.54) is 0 Å². The Balaban J connectivity index is 1.44. The number of hydrogen-bond donors (Lipinski definition) is 1. The van der Waals surface area contributed by atoms with Crippen LogP contribution < -0.4 is 10.3 Å². The molecule has 0 saturated carbocycles. The molecule has 1 amide bonds. The van der Waals surface area contributed by atoms with E-state index in [1.54, 1.807) is 16.7 Å². The van der Waals surface area contributed by atoms with Gasteiger partial charge in [0.05, 0.1) is 24.8 Å². The number of rotatable bonds is 3. The Morgan fingerprint density at radius 3 is 3.17 bits per heavy atom. The van der Waals surface area contributed by atoms with Crippen LogP contribution in [0.2, 0.25) is 0 Å². The lowest BCUT2D eigenvalue weighted by molar-refractivity contribution is -0.117. The number of anilines is 1. The number of hydrogen-bond acceptors (Lipinski definition) is 5. The molecular formula is C17H20N4O2S. The molecule has 24 heavy (non-hydrogen) atoms. The lowest BCUT2D eigenvalue weighted by Crippen LogP contribution is -2.26. The van der Waals surface area contributed by atoms with E-state index in [4.69, 9.17) is 4.74 Å². The van der Waals surface area contributed by atoms with Gasteiger partial charge in [0, 0.05) is 25.1 Å². The van der Waals surface area contributed by atoms with Crippen molar-refractivity contribution in [1.29, 1.82) is 0 Å². The highest BCUT2D eigenvalue weighted by Crippen LogP contribution is 2.29. The third kappa shape index (κ3) is 3.06. The monoisotopic (exact) mass is 344 g/mol. The molecule has 4 rings (SSSR count). The summed E-state index contributed by atoms with van der Waals surface area (Å²) in [5.74, 6) is 0.920. The summed E-state index contributed by atoms with van der Waals surface area (Å²) in [5, 5.41) is 5.32. The number of carbonyl (C=O) groups excluding carboxylic acids is 1. The van der Waals surface area contributed by atoms with E-state index >= 15 is 0 Å². The van der Waals surface area contributed by atoms with E-state index in [1.807, 2.05) is 19.2 Å². The quantitative estimate of drug-likeness (QED) is 0.908. The SMILES string of the molecule is CN1C(=O)Cc2cc(C3=NNC(=NCC4CCCO4)SC3)ccc21. The average Bonchev–Trinajstić information content (AvgIpc) is 3.22. The van der Waals surface area contributed by atoms with E-state index in [0.29, 0.717) is 13.0 Å². The van der Waals surface area contributed by atoms with Crippen molar-refractivity contribution in [1.82, 2.24) is 5.43 Å². The first kappa shape index (κ1) is 15.7. The number of carbonyl (C=O) groups is 1. The maximum Gasteiger partial charge on any atom is 0.231 e. The van der Waals surface area contributed by atoms with Crippen molar-refractivity contribution < 1.29 is 9.53 Å². The zero-order valence-corrected chi connectivity index (χ0v) is 14.4. The van der Waals surface area contributed by atoms with Crippen molar-refractivity contribution in [3.8, 4) is 0 Å². The fourth-order valence-corrected chi connectivity index (χ4v) is 3.95. The first-order chi connectivity index (χ1) is 11.7. The first-order valence-corrected chi connectivity index (χ1v) is 9.20. The first-order valence-electron chi connectivity index (χ1n) is 8.22. The van der Waals surface area contributed by atoms with Crippen LogP contribution in [0.4, 0.5) is 5.69 Å². The molecule has 1 unspecified atom stereocenters. The molecule has 0 radical (unpaired) electrons. The van der Waals surface area contributed by atoms with E-state index < -0.39 is 0 Å². The summed E-state index contributed by atoms with van der Waals surface area (Å²) >= 11 is 1.66. The number of ether oxygens (including phenoxy) is 1. The predicted molar refractivity (Wildman–Crippen MR) is 97.0 cm³/mol. The highest BCUT2D eigenvalue weighted by molar-refractivity contribution is 8.14. The van der Waals surface area contributed by atoms with Gasteiger partial charge in [0.25, 0.3) is 0 Å². The van der Waals surface area contributed by atoms with Crippen LogP contribution in [0.5, 0.6) is 0 Å². The third-order valence-corrected chi connectivity index (χ3v) is 5.50. The van der Waals surface area contributed by atoms with Crippen LogP contribution in [0.1, 0.15) is 24.0 Å². The lowest BCUT2D eigenvalue weighted by atomic mass is 10.1. The number of likely N-dealkylation sites (N-methyl/N-ethyl adjacent to an activating group) is 1. The Kier molecular flexibility index (Phi) is 4.28. The molecule has 126 valence electrons. The van der Waals surface area contributed by atoms with Crippen LogP contribution in [-0.4, -0.2) is 48.8 Å². The van der Waals surface area contributed by atoms with Gasteiger partial charge in [-0.25, -0.2) is 0 Å². The van der Waals surface area contributed by atoms with E-state index in [9.17, 15) is 4.79 Å². The van der Waals surface area contributed by atoms with Crippen molar-refractivity contribution in [3.63, 3.8) is 0 Å². The molecule has 7 heteroatoms. The molecule has 0 spiro atoms. The number of fused-ring (bicyclic) bond motifs is 1. The average molecular weight is 344 g/mol. The molecule has 3 aliphatic heterocycles. The summed E-state index contributed by atoms with van der Waals surface area (Å²) in [6.45, 7) is 1.56. The number of amides is 1. The third-order valence-electron chi connectivity index (χ3n) is 4.58. The van der Waals surface area contributed by atoms with Gasteiger partial charge in [0.1, 0.15) is 0 Å². The summed E-state index contributed by atoms with van der Waals surface area (Å²) in [6.07, 6.45) is 2.96. The van der Waals surface area contributed by atoms with Gasteiger partial charge in [0.2, 0.25) is 5.91 Å². The zero-order chi connectivity index (χ0) is 16.5. The molecule has 3 aliphatic rings. The van der Waals surface area contributed by atoms with Crippen molar-refractivity contribution in [2.75, 3.05) is 30.9 Å². The number of aliphatic imine (C=N–C) groups is 1. The number of nitrogens with zero attached hydrogens (tertiary/aromatic N) is 3. The van der Waals surface area contributed by atoms with Crippen LogP contribution in [0.25, 0.3) is 0 Å². The van der Waals surface area contributed by atoms with Gasteiger partial charge in [0.15, 0.2) is 5.17 Å². The number of nitrogens with one attached hydrogen (secondary N) is 1.